The molecule has 0 radical (unpaired) electrons. The molecule has 0 saturated carbocycles. The van der Waals surface area contributed by atoms with E-state index in [0.717, 1.165) is 11.3 Å². The first-order valence-electron chi connectivity index (χ1n) is 9.11. The molecule has 144 valence electrons. The van der Waals surface area contributed by atoms with Gasteiger partial charge in [0.05, 0.1) is 13.2 Å². The van der Waals surface area contributed by atoms with Gasteiger partial charge >= 0.3 is 0 Å². The Hall–Kier alpha value is -3.26. The average molecular weight is 380 g/mol. The van der Waals surface area contributed by atoms with Crippen LogP contribution in [0.2, 0.25) is 0 Å². The minimum Gasteiger partial charge on any atom is -0.378 e. The van der Waals surface area contributed by atoms with Gasteiger partial charge in [-0.1, -0.05) is 18.2 Å². The van der Waals surface area contributed by atoms with Crippen LogP contribution >= 0.6 is 0 Å². The molecule has 4 rings (SSSR count). The summed E-state index contributed by atoms with van der Waals surface area (Å²) in [7, 11) is 0. The molecule has 7 nitrogen and oxygen atoms in total. The van der Waals surface area contributed by atoms with E-state index in [9.17, 15) is 4.39 Å². The van der Waals surface area contributed by atoms with Crippen LogP contribution in [0.1, 0.15) is 5.56 Å². The molecule has 0 aliphatic carbocycles. The first-order chi connectivity index (χ1) is 13.7. The predicted molar refractivity (Wildman–Crippen MR) is 107 cm³/mol. The number of ether oxygens (including phenoxy) is 1. The molecule has 1 saturated heterocycles. The van der Waals surface area contributed by atoms with Gasteiger partial charge in [-0.3, -0.25) is 0 Å². The zero-order valence-corrected chi connectivity index (χ0v) is 15.5. The van der Waals surface area contributed by atoms with E-state index in [4.69, 9.17) is 4.74 Å². The highest BCUT2D eigenvalue weighted by Crippen LogP contribution is 2.21. The molecule has 2 N–H and O–H groups in total. The van der Waals surface area contributed by atoms with Gasteiger partial charge in [0.15, 0.2) is 0 Å². The Labute approximate surface area is 162 Å². The molecule has 0 atom stereocenters. The molecule has 0 spiro atoms. The quantitative estimate of drug-likeness (QED) is 0.700. The highest BCUT2D eigenvalue weighted by atomic mass is 19.1. The third-order valence-electron chi connectivity index (χ3n) is 4.27. The minimum atomic E-state index is -0.328. The summed E-state index contributed by atoms with van der Waals surface area (Å²) in [6.45, 7) is 4.67. The second-order valence-corrected chi connectivity index (χ2v) is 6.51. The van der Waals surface area contributed by atoms with Crippen molar-refractivity contribution in [2.75, 3.05) is 41.8 Å². The molecule has 2 heterocycles. The number of halogens is 1. The highest BCUT2D eigenvalue weighted by Gasteiger charge is 2.17. The molecule has 1 aliphatic heterocycles. The number of hydrogen-bond acceptors (Lipinski definition) is 7. The maximum atomic E-state index is 13.5. The number of aromatic nitrogens is 3. The third kappa shape index (κ3) is 4.52. The number of rotatable bonds is 5. The number of nitrogens with zero attached hydrogens (tertiary/aromatic N) is 4. The van der Waals surface area contributed by atoms with Gasteiger partial charge in [0.1, 0.15) is 5.82 Å². The van der Waals surface area contributed by atoms with Crippen LogP contribution in [0.15, 0.2) is 48.5 Å². The largest absolute Gasteiger partial charge is 0.378 e. The molecule has 28 heavy (non-hydrogen) atoms. The number of hydrogen-bond donors (Lipinski definition) is 2. The monoisotopic (exact) mass is 380 g/mol. The van der Waals surface area contributed by atoms with Crippen molar-refractivity contribution in [3.8, 4) is 0 Å². The van der Waals surface area contributed by atoms with E-state index >= 15 is 0 Å². The van der Waals surface area contributed by atoms with Crippen molar-refractivity contribution in [3.05, 3.63) is 59.9 Å². The molecular weight excluding hydrogens is 359 g/mol. The Balaban J connectivity index is 1.65. The molecule has 1 aliphatic rings. The number of benzene rings is 2. The Morgan fingerprint density at radius 2 is 1.54 bits per heavy atom. The normalized spacial score (nSPS) is 14.0. The molecule has 1 fully saturated rings. The summed E-state index contributed by atoms with van der Waals surface area (Å²) in [6.07, 6.45) is 0. The zero-order chi connectivity index (χ0) is 19.3. The van der Waals surface area contributed by atoms with E-state index in [1.165, 1.54) is 12.1 Å². The van der Waals surface area contributed by atoms with Crippen LogP contribution in [-0.4, -0.2) is 41.3 Å². The smallest absolute Gasteiger partial charge is 0.233 e. The Kier molecular flexibility index (Phi) is 5.29. The van der Waals surface area contributed by atoms with Gasteiger partial charge in [0.25, 0.3) is 0 Å². The molecule has 0 amide bonds. The summed E-state index contributed by atoms with van der Waals surface area (Å²) in [6, 6.07) is 14.1. The molecule has 0 bridgehead atoms. The van der Waals surface area contributed by atoms with E-state index in [-0.39, 0.29) is 5.82 Å². The van der Waals surface area contributed by atoms with Gasteiger partial charge in [0, 0.05) is 24.5 Å². The second kappa shape index (κ2) is 8.18. The Bertz CT molecular complexity index is 895. The van der Waals surface area contributed by atoms with Crippen molar-refractivity contribution in [3.63, 3.8) is 0 Å². The summed E-state index contributed by atoms with van der Waals surface area (Å²) >= 11 is 0. The number of anilines is 5. The van der Waals surface area contributed by atoms with Crippen LogP contribution < -0.4 is 15.5 Å². The van der Waals surface area contributed by atoms with Gasteiger partial charge in [-0.05, 0) is 42.8 Å². The van der Waals surface area contributed by atoms with Gasteiger partial charge in [-0.2, -0.15) is 15.0 Å². The molecule has 8 heteroatoms. The first-order valence-corrected chi connectivity index (χ1v) is 9.11. The van der Waals surface area contributed by atoms with Gasteiger partial charge in [-0.25, -0.2) is 4.39 Å². The van der Waals surface area contributed by atoms with E-state index < -0.39 is 0 Å². The fourth-order valence-electron chi connectivity index (χ4n) is 2.93. The van der Waals surface area contributed by atoms with Crippen molar-refractivity contribution < 1.29 is 9.13 Å². The number of aryl methyl sites for hydroxylation is 1. The fraction of sp³-hybridized carbons (Fsp3) is 0.250. The van der Waals surface area contributed by atoms with E-state index in [1.54, 1.807) is 12.1 Å². The van der Waals surface area contributed by atoms with Crippen LogP contribution in [-0.2, 0) is 4.74 Å². The Morgan fingerprint density at radius 1 is 0.893 bits per heavy atom. The summed E-state index contributed by atoms with van der Waals surface area (Å²) in [4.78, 5) is 15.6. The lowest BCUT2D eigenvalue weighted by molar-refractivity contribution is 0.122. The van der Waals surface area contributed by atoms with Crippen LogP contribution in [0.5, 0.6) is 0 Å². The summed E-state index contributed by atoms with van der Waals surface area (Å²) in [5, 5.41) is 6.29. The van der Waals surface area contributed by atoms with E-state index in [2.05, 4.69) is 25.6 Å². The fourth-order valence-corrected chi connectivity index (χ4v) is 2.93. The molecule has 1 aromatic heterocycles. The van der Waals surface area contributed by atoms with Crippen LogP contribution in [0.25, 0.3) is 0 Å². The van der Waals surface area contributed by atoms with Gasteiger partial charge in [-0.15, -0.1) is 0 Å². The second-order valence-electron chi connectivity index (χ2n) is 6.51. The van der Waals surface area contributed by atoms with Gasteiger partial charge in [0.2, 0.25) is 17.8 Å². The summed E-state index contributed by atoms with van der Waals surface area (Å²) in [5.41, 5.74) is 2.59. The van der Waals surface area contributed by atoms with Crippen molar-refractivity contribution in [1.29, 1.82) is 0 Å². The SMILES string of the molecule is Cc1cccc(Nc2nc(Nc3cccc(F)c3)nc(N3CCOCC3)n2)c1. The number of morpholine rings is 1. The predicted octanol–water partition coefficient (Wildman–Crippen LogP) is 3.64. The van der Waals surface area contributed by atoms with Crippen molar-refractivity contribution in [1.82, 2.24) is 15.0 Å². The van der Waals surface area contributed by atoms with Crippen LogP contribution in [0.4, 0.5) is 33.6 Å². The minimum absolute atomic E-state index is 0.328. The van der Waals surface area contributed by atoms with Gasteiger partial charge < -0.3 is 20.3 Å². The maximum absolute atomic E-state index is 13.5. The lowest BCUT2D eigenvalue weighted by Gasteiger charge is -2.27. The molecular formula is C20H21FN6O. The van der Waals surface area contributed by atoms with E-state index in [0.29, 0.717) is 49.8 Å². The topological polar surface area (TPSA) is 75.2 Å². The molecule has 3 aromatic rings. The van der Waals surface area contributed by atoms with Crippen molar-refractivity contribution in [2.45, 2.75) is 6.92 Å². The van der Waals surface area contributed by atoms with Crippen LogP contribution in [0.3, 0.4) is 0 Å². The lowest BCUT2D eigenvalue weighted by atomic mass is 10.2. The molecule has 0 unspecified atom stereocenters. The Morgan fingerprint density at radius 3 is 2.18 bits per heavy atom. The zero-order valence-electron chi connectivity index (χ0n) is 15.5. The van der Waals surface area contributed by atoms with Crippen LogP contribution in [0, 0.1) is 12.7 Å². The third-order valence-corrected chi connectivity index (χ3v) is 4.27. The highest BCUT2D eigenvalue weighted by molar-refractivity contribution is 5.60. The summed E-state index contributed by atoms with van der Waals surface area (Å²) in [5.74, 6) is 0.983. The number of nitrogens with one attached hydrogen (secondary N) is 2. The summed E-state index contributed by atoms with van der Waals surface area (Å²) < 4.78 is 18.9. The molecule has 2 aromatic carbocycles. The van der Waals surface area contributed by atoms with Crippen molar-refractivity contribution in [2.24, 2.45) is 0 Å². The standard InChI is InChI=1S/C20H21FN6O/c1-14-4-2-6-16(12-14)22-18-24-19(23-17-7-3-5-15(21)13-17)26-20(25-18)27-8-10-28-11-9-27/h2-7,12-13H,8-11H2,1H3,(H2,22,23,24,25,26). The average Bonchev–Trinajstić information content (AvgIpc) is 2.68. The first kappa shape index (κ1) is 18.1. The van der Waals surface area contributed by atoms with E-state index in [1.807, 2.05) is 36.1 Å². The maximum Gasteiger partial charge on any atom is 0.233 e. The lowest BCUT2D eigenvalue weighted by Crippen LogP contribution is -2.37. The van der Waals surface area contributed by atoms with Crippen molar-refractivity contribution >= 4 is 29.2 Å².